The molecule has 0 bridgehead atoms. The lowest BCUT2D eigenvalue weighted by Crippen LogP contribution is -2.57. The van der Waals surface area contributed by atoms with Crippen LogP contribution in [-0.4, -0.2) is 44.7 Å². The Morgan fingerprint density at radius 1 is 1.06 bits per heavy atom. The molecule has 0 saturated heterocycles. The van der Waals surface area contributed by atoms with Crippen molar-refractivity contribution >= 4 is 11.6 Å². The number of ketones is 2. The van der Waals surface area contributed by atoms with Crippen LogP contribution in [0.2, 0.25) is 0 Å². The van der Waals surface area contributed by atoms with E-state index in [0.29, 0.717) is 24.0 Å². The van der Waals surface area contributed by atoms with E-state index in [-0.39, 0.29) is 33.5 Å². The van der Waals surface area contributed by atoms with Crippen molar-refractivity contribution in [2.75, 3.05) is 0 Å². The van der Waals surface area contributed by atoms with E-state index in [1.54, 1.807) is 5.57 Å². The lowest BCUT2D eigenvalue weighted by atomic mass is 9.41. The summed E-state index contributed by atoms with van der Waals surface area (Å²) in [5, 5.41) is 31.5. The molecule has 4 rings (SSSR count). The van der Waals surface area contributed by atoms with Crippen LogP contribution in [0.4, 0.5) is 0 Å². The molecule has 0 radical (unpaired) electrons. The second kappa shape index (κ2) is 8.23. The summed E-state index contributed by atoms with van der Waals surface area (Å²) in [5.41, 5.74) is -0.248. The number of fused-ring (bicyclic) bond motifs is 5. The van der Waals surface area contributed by atoms with Crippen LogP contribution in [-0.2, 0) is 9.59 Å². The molecule has 3 N–H and O–H groups in total. The topological polar surface area (TPSA) is 94.8 Å². The summed E-state index contributed by atoms with van der Waals surface area (Å²) in [7, 11) is 0. The molecular weight excluding hydrogens is 440 g/mol. The minimum Gasteiger partial charge on any atom is -0.387 e. The number of Topliss-reactive ketones (excluding diaryl/α,β-unsaturated/α-hetero) is 2. The highest BCUT2D eigenvalue weighted by molar-refractivity contribution is 5.88. The van der Waals surface area contributed by atoms with E-state index in [2.05, 4.69) is 40.7 Å². The Morgan fingerprint density at radius 3 is 2.29 bits per heavy atom. The highest BCUT2D eigenvalue weighted by Gasteiger charge is 2.65. The Kier molecular flexibility index (Phi) is 6.35. The maximum Gasteiger partial charge on any atom is 0.192 e. The number of aliphatic hydroxyl groups excluding tert-OH is 2. The average molecular weight is 489 g/mol. The first kappa shape index (κ1) is 27.0. The SMILES string of the molecule is CC(C(O)C(=O)C(O)C(C)(C)O)C1CCC2(C)C3=CCC4C(C)(C)C(=O)CCC4(C)C3CCC12C. The summed E-state index contributed by atoms with van der Waals surface area (Å²) in [6.45, 7) is 16.2. The summed E-state index contributed by atoms with van der Waals surface area (Å²) in [4.78, 5) is 25.7. The van der Waals surface area contributed by atoms with E-state index in [9.17, 15) is 24.9 Å². The zero-order valence-corrected chi connectivity index (χ0v) is 23.1. The highest BCUT2D eigenvalue weighted by Crippen LogP contribution is 2.73. The molecule has 0 aliphatic heterocycles. The predicted molar refractivity (Wildman–Crippen MR) is 136 cm³/mol. The van der Waals surface area contributed by atoms with Crippen LogP contribution in [0.1, 0.15) is 100 Å². The van der Waals surface area contributed by atoms with Gasteiger partial charge in [0, 0.05) is 11.8 Å². The largest absolute Gasteiger partial charge is 0.387 e. The van der Waals surface area contributed by atoms with Gasteiger partial charge in [0.15, 0.2) is 5.78 Å². The van der Waals surface area contributed by atoms with Crippen molar-refractivity contribution in [3.8, 4) is 0 Å². The third kappa shape index (κ3) is 3.66. The third-order valence-corrected chi connectivity index (χ3v) is 12.0. The molecule has 4 aliphatic carbocycles. The molecule has 35 heavy (non-hydrogen) atoms. The first-order valence-corrected chi connectivity index (χ1v) is 13.8. The van der Waals surface area contributed by atoms with Crippen LogP contribution >= 0.6 is 0 Å². The van der Waals surface area contributed by atoms with Crippen molar-refractivity contribution in [3.63, 3.8) is 0 Å². The highest BCUT2D eigenvalue weighted by atomic mass is 16.4. The van der Waals surface area contributed by atoms with E-state index in [1.807, 2.05) is 6.92 Å². The molecule has 9 unspecified atom stereocenters. The van der Waals surface area contributed by atoms with E-state index >= 15 is 0 Å². The van der Waals surface area contributed by atoms with Crippen LogP contribution in [0.15, 0.2) is 11.6 Å². The van der Waals surface area contributed by atoms with Gasteiger partial charge in [0.05, 0.1) is 5.60 Å². The van der Waals surface area contributed by atoms with Gasteiger partial charge < -0.3 is 15.3 Å². The van der Waals surface area contributed by atoms with E-state index < -0.39 is 23.6 Å². The summed E-state index contributed by atoms with van der Waals surface area (Å²) in [5.74, 6) is 0.419. The Bertz CT molecular complexity index is 928. The van der Waals surface area contributed by atoms with Crippen molar-refractivity contribution in [2.45, 2.75) is 118 Å². The molecule has 9 atom stereocenters. The summed E-state index contributed by atoms with van der Waals surface area (Å²) in [6, 6.07) is 0. The van der Waals surface area contributed by atoms with Crippen LogP contribution in [0.3, 0.4) is 0 Å². The van der Waals surface area contributed by atoms with Crippen molar-refractivity contribution in [3.05, 3.63) is 11.6 Å². The number of hydrogen-bond donors (Lipinski definition) is 3. The Labute approximate surface area is 211 Å². The third-order valence-electron chi connectivity index (χ3n) is 12.0. The monoisotopic (exact) mass is 488 g/mol. The first-order chi connectivity index (χ1) is 15.9. The standard InChI is InChI=1S/C30H48O5/c1-17(23(32)24(33)25(34)27(4,5)35)18-11-15-30(8)20-9-10-21-26(2,3)22(31)13-14-28(21,6)19(20)12-16-29(18,30)7/h9,17-19,21,23,25,32,34-35H,10-16H2,1-8H3. The van der Waals surface area contributed by atoms with Crippen LogP contribution in [0.5, 0.6) is 0 Å². The van der Waals surface area contributed by atoms with Gasteiger partial charge in [-0.3, -0.25) is 9.59 Å². The Balaban J connectivity index is 1.64. The summed E-state index contributed by atoms with van der Waals surface area (Å²) in [6.07, 6.45) is 6.24. The molecule has 4 aliphatic rings. The number of carbonyl (C=O) groups is 2. The molecule has 0 amide bonds. The van der Waals surface area contributed by atoms with Crippen LogP contribution in [0.25, 0.3) is 0 Å². The number of hydrogen-bond acceptors (Lipinski definition) is 5. The molecule has 0 aromatic carbocycles. The van der Waals surface area contributed by atoms with Crippen LogP contribution in [0, 0.1) is 45.3 Å². The van der Waals surface area contributed by atoms with Gasteiger partial charge in [-0.15, -0.1) is 0 Å². The molecular formula is C30H48O5. The smallest absolute Gasteiger partial charge is 0.192 e. The molecule has 0 spiro atoms. The second-order valence-corrected chi connectivity index (χ2v) is 14.3. The summed E-state index contributed by atoms with van der Waals surface area (Å²) < 4.78 is 0. The van der Waals surface area contributed by atoms with Gasteiger partial charge in [-0.25, -0.2) is 0 Å². The van der Waals surface area contributed by atoms with Gasteiger partial charge in [-0.2, -0.15) is 0 Å². The van der Waals surface area contributed by atoms with Gasteiger partial charge in [0.2, 0.25) is 0 Å². The zero-order valence-electron chi connectivity index (χ0n) is 23.1. The van der Waals surface area contributed by atoms with Gasteiger partial charge >= 0.3 is 0 Å². The predicted octanol–water partition coefficient (Wildman–Crippen LogP) is 4.86. The maximum atomic E-state index is 12.8. The number of allylic oxidation sites excluding steroid dienone is 2. The van der Waals surface area contributed by atoms with Gasteiger partial charge in [0.1, 0.15) is 18.0 Å². The lowest BCUT2D eigenvalue weighted by molar-refractivity contribution is -0.154. The number of aliphatic hydroxyl groups is 3. The fourth-order valence-electron chi connectivity index (χ4n) is 9.39. The molecule has 0 heterocycles. The second-order valence-electron chi connectivity index (χ2n) is 14.3. The fraction of sp³-hybridized carbons (Fsp3) is 0.867. The molecule has 3 saturated carbocycles. The normalized spacial score (nSPS) is 43.3. The van der Waals surface area contributed by atoms with Gasteiger partial charge in [-0.1, -0.05) is 53.2 Å². The minimum absolute atomic E-state index is 0.00788. The number of carbonyl (C=O) groups excluding carboxylic acids is 2. The van der Waals surface area contributed by atoms with E-state index in [1.165, 1.54) is 13.8 Å². The quantitative estimate of drug-likeness (QED) is 0.481. The van der Waals surface area contributed by atoms with Crippen LogP contribution < -0.4 is 0 Å². The van der Waals surface area contributed by atoms with E-state index in [0.717, 1.165) is 38.5 Å². The Hall–Kier alpha value is -1.04. The molecule has 3 fully saturated rings. The zero-order chi connectivity index (χ0) is 26.4. The molecule has 198 valence electrons. The molecule has 5 nitrogen and oxygen atoms in total. The number of rotatable bonds is 5. The van der Waals surface area contributed by atoms with Crippen molar-refractivity contribution in [1.82, 2.24) is 0 Å². The molecule has 5 heteroatoms. The van der Waals surface area contributed by atoms with Crippen molar-refractivity contribution in [2.24, 2.45) is 45.3 Å². The first-order valence-electron chi connectivity index (χ1n) is 13.8. The Morgan fingerprint density at radius 2 is 1.69 bits per heavy atom. The maximum absolute atomic E-state index is 12.8. The van der Waals surface area contributed by atoms with E-state index in [4.69, 9.17) is 0 Å². The van der Waals surface area contributed by atoms with Crippen molar-refractivity contribution in [1.29, 1.82) is 0 Å². The van der Waals surface area contributed by atoms with Gasteiger partial charge in [0.25, 0.3) is 0 Å². The molecule has 0 aromatic heterocycles. The lowest BCUT2D eigenvalue weighted by Gasteiger charge is -2.63. The minimum atomic E-state index is -1.61. The summed E-state index contributed by atoms with van der Waals surface area (Å²) >= 11 is 0. The van der Waals surface area contributed by atoms with Gasteiger partial charge in [-0.05, 0) is 92.3 Å². The average Bonchev–Trinajstić information content (AvgIpc) is 3.05. The van der Waals surface area contributed by atoms with Crippen molar-refractivity contribution < 1.29 is 24.9 Å². The molecule has 0 aromatic rings. The fourth-order valence-corrected chi connectivity index (χ4v) is 9.39.